The van der Waals surface area contributed by atoms with Gasteiger partial charge in [-0.1, -0.05) is 26.8 Å². The van der Waals surface area contributed by atoms with Crippen molar-refractivity contribution in [3.05, 3.63) is 29.6 Å². The molecule has 2 aromatic rings. The minimum atomic E-state index is -0.354. The third kappa shape index (κ3) is 2.40. The van der Waals surface area contributed by atoms with Gasteiger partial charge in [0.05, 0.1) is 17.0 Å². The maximum Gasteiger partial charge on any atom is 0.237 e. The molecule has 1 aromatic heterocycles. The van der Waals surface area contributed by atoms with E-state index in [1.54, 1.807) is 0 Å². The molecule has 1 unspecified atom stereocenters. The Kier molecular flexibility index (Phi) is 3.31. The number of amides is 2. The van der Waals surface area contributed by atoms with Crippen molar-refractivity contribution in [2.75, 3.05) is 0 Å². The summed E-state index contributed by atoms with van der Waals surface area (Å²) in [5.74, 6) is -0.0695. The van der Waals surface area contributed by atoms with Gasteiger partial charge in [-0.15, -0.1) is 0 Å². The molecule has 0 bridgehead atoms. The molecule has 3 rings (SSSR count). The summed E-state index contributed by atoms with van der Waals surface area (Å²) in [6.45, 7) is 6.52. The molecule has 1 aromatic carbocycles. The van der Waals surface area contributed by atoms with Crippen molar-refractivity contribution in [3.63, 3.8) is 0 Å². The lowest BCUT2D eigenvalue weighted by atomic mass is 9.87. The van der Waals surface area contributed by atoms with Crippen LogP contribution in [-0.2, 0) is 22.1 Å². The van der Waals surface area contributed by atoms with Crippen LogP contribution in [0.1, 0.15) is 50.9 Å². The number of nitrogens with zero attached hydrogens (tertiary/aromatic N) is 2. The van der Waals surface area contributed by atoms with Crippen molar-refractivity contribution in [1.82, 2.24) is 14.9 Å². The maximum atomic E-state index is 12.1. The summed E-state index contributed by atoms with van der Waals surface area (Å²) in [5, 5.41) is 2.40. The van der Waals surface area contributed by atoms with Gasteiger partial charge in [-0.25, -0.2) is 4.98 Å². The first-order valence-corrected chi connectivity index (χ1v) is 7.58. The summed E-state index contributed by atoms with van der Waals surface area (Å²) in [4.78, 5) is 28.0. The first kappa shape index (κ1) is 14.8. The van der Waals surface area contributed by atoms with Gasteiger partial charge in [-0.05, 0) is 29.5 Å². The molecule has 1 saturated heterocycles. The summed E-state index contributed by atoms with van der Waals surface area (Å²) in [6, 6.07) is 6.23. The second-order valence-electron chi connectivity index (χ2n) is 6.99. The number of fused-ring (bicyclic) bond motifs is 1. The van der Waals surface area contributed by atoms with Gasteiger partial charge in [0.25, 0.3) is 0 Å². The van der Waals surface area contributed by atoms with Gasteiger partial charge >= 0.3 is 0 Å². The molecule has 0 saturated carbocycles. The SMILES string of the molecule is Cn1c(C2CCC(=O)NC2=O)nc2ccc(C(C)(C)C)cc21. The van der Waals surface area contributed by atoms with Crippen molar-refractivity contribution >= 4 is 22.8 Å². The number of hydrogen-bond acceptors (Lipinski definition) is 3. The van der Waals surface area contributed by atoms with Gasteiger partial charge in [0.1, 0.15) is 5.82 Å². The van der Waals surface area contributed by atoms with Crippen LogP contribution in [0.3, 0.4) is 0 Å². The van der Waals surface area contributed by atoms with Crippen LogP contribution in [0.4, 0.5) is 0 Å². The largest absolute Gasteiger partial charge is 0.330 e. The number of piperidine rings is 1. The van der Waals surface area contributed by atoms with E-state index in [2.05, 4.69) is 43.2 Å². The van der Waals surface area contributed by atoms with E-state index in [1.807, 2.05) is 17.7 Å². The van der Waals surface area contributed by atoms with Crippen LogP contribution in [0, 0.1) is 0 Å². The normalized spacial score (nSPS) is 19.5. The van der Waals surface area contributed by atoms with Crippen LogP contribution < -0.4 is 5.32 Å². The zero-order valence-electron chi connectivity index (χ0n) is 13.4. The molecule has 2 amide bonds. The first-order valence-electron chi connectivity index (χ1n) is 7.58. The van der Waals surface area contributed by atoms with Crippen LogP contribution >= 0.6 is 0 Å². The van der Waals surface area contributed by atoms with E-state index < -0.39 is 0 Å². The number of carbonyl (C=O) groups is 2. The quantitative estimate of drug-likeness (QED) is 0.822. The third-order valence-electron chi connectivity index (χ3n) is 4.33. The van der Waals surface area contributed by atoms with Crippen LogP contribution in [0.5, 0.6) is 0 Å². The summed E-state index contributed by atoms with van der Waals surface area (Å²) in [5.41, 5.74) is 3.20. The van der Waals surface area contributed by atoms with Crippen LogP contribution in [0.25, 0.3) is 11.0 Å². The fraction of sp³-hybridized carbons (Fsp3) is 0.471. The van der Waals surface area contributed by atoms with Crippen LogP contribution in [-0.4, -0.2) is 21.4 Å². The van der Waals surface area contributed by atoms with Gasteiger partial charge in [0, 0.05) is 13.5 Å². The van der Waals surface area contributed by atoms with Crippen molar-refractivity contribution in [2.45, 2.75) is 44.9 Å². The number of carbonyl (C=O) groups excluding carboxylic acids is 2. The summed E-state index contributed by atoms with van der Waals surface area (Å²) >= 11 is 0. The highest BCUT2D eigenvalue weighted by atomic mass is 16.2. The molecule has 0 radical (unpaired) electrons. The highest BCUT2D eigenvalue weighted by Crippen LogP contribution is 2.30. The molecule has 1 N–H and O–H groups in total. The van der Waals surface area contributed by atoms with Gasteiger partial charge in [0.2, 0.25) is 11.8 Å². The summed E-state index contributed by atoms with van der Waals surface area (Å²) < 4.78 is 1.98. The number of hydrogen-bond donors (Lipinski definition) is 1. The average Bonchev–Trinajstić information content (AvgIpc) is 2.75. The van der Waals surface area contributed by atoms with E-state index in [0.717, 1.165) is 16.9 Å². The highest BCUT2D eigenvalue weighted by molar-refractivity contribution is 6.00. The van der Waals surface area contributed by atoms with Crippen molar-refractivity contribution in [2.24, 2.45) is 7.05 Å². The Bertz CT molecular complexity index is 768. The fourth-order valence-corrected chi connectivity index (χ4v) is 2.93. The number of imide groups is 1. The lowest BCUT2D eigenvalue weighted by Crippen LogP contribution is -2.40. The number of aromatic nitrogens is 2. The zero-order chi connectivity index (χ0) is 16.1. The molecule has 0 aliphatic carbocycles. The molecule has 22 heavy (non-hydrogen) atoms. The lowest BCUT2D eigenvalue weighted by molar-refractivity contribution is -0.134. The molecule has 2 heterocycles. The van der Waals surface area contributed by atoms with E-state index in [1.165, 1.54) is 5.56 Å². The van der Waals surface area contributed by atoms with Crippen LogP contribution in [0.2, 0.25) is 0 Å². The van der Waals surface area contributed by atoms with E-state index in [9.17, 15) is 9.59 Å². The molecular formula is C17H21N3O2. The number of nitrogens with one attached hydrogen (secondary N) is 1. The van der Waals surface area contributed by atoms with Crippen LogP contribution in [0.15, 0.2) is 18.2 Å². The number of aryl methyl sites for hydroxylation is 1. The minimum absolute atomic E-state index is 0.0628. The Balaban J connectivity index is 2.07. The van der Waals surface area contributed by atoms with Gasteiger partial charge in [0.15, 0.2) is 0 Å². The second kappa shape index (κ2) is 4.93. The monoisotopic (exact) mass is 299 g/mol. The molecule has 5 heteroatoms. The second-order valence-corrected chi connectivity index (χ2v) is 6.99. The molecule has 5 nitrogen and oxygen atoms in total. The Morgan fingerprint density at radius 2 is 2.00 bits per heavy atom. The number of rotatable bonds is 1. The van der Waals surface area contributed by atoms with E-state index in [4.69, 9.17) is 0 Å². The highest BCUT2D eigenvalue weighted by Gasteiger charge is 2.31. The van der Waals surface area contributed by atoms with Gasteiger partial charge in [-0.3, -0.25) is 14.9 Å². The first-order chi connectivity index (χ1) is 10.3. The summed E-state index contributed by atoms with van der Waals surface area (Å²) in [6.07, 6.45) is 0.890. The molecule has 0 spiro atoms. The maximum absolute atomic E-state index is 12.1. The van der Waals surface area contributed by atoms with E-state index >= 15 is 0 Å². The van der Waals surface area contributed by atoms with Crippen molar-refractivity contribution in [1.29, 1.82) is 0 Å². The predicted molar refractivity (Wildman–Crippen MR) is 84.5 cm³/mol. The minimum Gasteiger partial charge on any atom is -0.330 e. The molecule has 1 aliphatic heterocycles. The summed E-state index contributed by atoms with van der Waals surface area (Å²) in [7, 11) is 1.93. The molecular weight excluding hydrogens is 278 g/mol. The molecule has 116 valence electrons. The Hall–Kier alpha value is -2.17. The average molecular weight is 299 g/mol. The van der Waals surface area contributed by atoms with Crippen molar-refractivity contribution < 1.29 is 9.59 Å². The Labute approximate surface area is 129 Å². The number of imidazole rings is 1. The Morgan fingerprint density at radius 1 is 1.27 bits per heavy atom. The third-order valence-corrected chi connectivity index (χ3v) is 4.33. The topological polar surface area (TPSA) is 64.0 Å². The number of benzene rings is 1. The Morgan fingerprint density at radius 3 is 2.64 bits per heavy atom. The van der Waals surface area contributed by atoms with E-state index in [0.29, 0.717) is 12.8 Å². The zero-order valence-corrected chi connectivity index (χ0v) is 13.4. The molecule has 1 aliphatic rings. The van der Waals surface area contributed by atoms with Crippen molar-refractivity contribution in [3.8, 4) is 0 Å². The van der Waals surface area contributed by atoms with E-state index in [-0.39, 0.29) is 23.1 Å². The molecule has 1 fully saturated rings. The van der Waals surface area contributed by atoms with Gasteiger partial charge < -0.3 is 4.57 Å². The predicted octanol–water partition coefficient (Wildman–Crippen LogP) is 2.39. The standard InChI is InChI=1S/C17H21N3O2/c1-17(2,3)10-5-7-12-13(9-10)20(4)15(18-12)11-6-8-14(21)19-16(11)22/h5,7,9,11H,6,8H2,1-4H3,(H,19,21,22). The fourth-order valence-electron chi connectivity index (χ4n) is 2.93. The van der Waals surface area contributed by atoms with Gasteiger partial charge in [-0.2, -0.15) is 0 Å². The smallest absolute Gasteiger partial charge is 0.237 e. The molecule has 1 atom stereocenters. The lowest BCUT2D eigenvalue weighted by Gasteiger charge is -2.20.